The average Bonchev–Trinajstić information content (AvgIpc) is 3.23. The minimum atomic E-state index is 0.705. The van der Waals surface area contributed by atoms with Crippen LogP contribution in [0.25, 0.3) is 22.1 Å². The molecule has 0 atom stereocenters. The van der Waals surface area contributed by atoms with Crippen molar-refractivity contribution in [2.24, 2.45) is 0 Å². The lowest BCUT2D eigenvalue weighted by molar-refractivity contribution is 0.513. The predicted molar refractivity (Wildman–Crippen MR) is 81.5 cm³/mol. The van der Waals surface area contributed by atoms with Crippen molar-refractivity contribution in [3.05, 3.63) is 60.4 Å². The van der Waals surface area contributed by atoms with Gasteiger partial charge < -0.3 is 9.73 Å². The number of fused-ring (bicyclic) bond motifs is 1. The Bertz CT molecular complexity index is 726. The van der Waals surface area contributed by atoms with E-state index >= 15 is 0 Å². The summed E-state index contributed by atoms with van der Waals surface area (Å²) in [6, 6.07) is 19.6. The third kappa shape index (κ3) is 2.23. The van der Waals surface area contributed by atoms with E-state index in [2.05, 4.69) is 53.8 Å². The molecule has 0 radical (unpaired) electrons. The summed E-state index contributed by atoms with van der Waals surface area (Å²) >= 11 is 0. The normalized spacial score (nSPS) is 14.8. The van der Waals surface area contributed by atoms with E-state index in [0.717, 1.165) is 17.9 Å². The van der Waals surface area contributed by atoms with Crippen molar-refractivity contribution < 1.29 is 4.42 Å². The van der Waals surface area contributed by atoms with Crippen molar-refractivity contribution in [2.45, 2.75) is 25.4 Å². The Morgan fingerprint density at radius 1 is 1.00 bits per heavy atom. The highest BCUT2D eigenvalue weighted by Crippen LogP contribution is 2.31. The van der Waals surface area contributed by atoms with Crippen LogP contribution >= 0.6 is 0 Å². The number of nitrogens with one attached hydrogen (secondary N) is 1. The topological polar surface area (TPSA) is 25.2 Å². The monoisotopic (exact) mass is 263 g/mol. The van der Waals surface area contributed by atoms with Crippen molar-refractivity contribution in [1.29, 1.82) is 0 Å². The van der Waals surface area contributed by atoms with Crippen molar-refractivity contribution >= 4 is 11.0 Å². The van der Waals surface area contributed by atoms with Gasteiger partial charge in [0.25, 0.3) is 0 Å². The van der Waals surface area contributed by atoms with Crippen LogP contribution in [-0.2, 0) is 6.54 Å². The summed E-state index contributed by atoms with van der Waals surface area (Å²) in [5.41, 5.74) is 3.36. The van der Waals surface area contributed by atoms with E-state index in [-0.39, 0.29) is 0 Å². The van der Waals surface area contributed by atoms with Crippen LogP contribution < -0.4 is 5.32 Å². The molecular formula is C18H17NO. The number of furan rings is 1. The smallest absolute Gasteiger partial charge is 0.142 e. The molecule has 0 saturated heterocycles. The van der Waals surface area contributed by atoms with Gasteiger partial charge in [0.05, 0.1) is 6.54 Å². The molecule has 1 aromatic heterocycles. The van der Waals surface area contributed by atoms with Crippen LogP contribution in [0, 0.1) is 0 Å². The van der Waals surface area contributed by atoms with Gasteiger partial charge >= 0.3 is 0 Å². The molecule has 0 unspecified atom stereocenters. The molecule has 1 heterocycles. The second-order valence-corrected chi connectivity index (χ2v) is 5.46. The van der Waals surface area contributed by atoms with Crippen LogP contribution in [0.2, 0.25) is 0 Å². The summed E-state index contributed by atoms with van der Waals surface area (Å²) < 4.78 is 6.07. The van der Waals surface area contributed by atoms with Crippen molar-refractivity contribution in [3.63, 3.8) is 0 Å². The third-order valence-electron chi connectivity index (χ3n) is 3.82. The molecule has 1 saturated carbocycles. The van der Waals surface area contributed by atoms with Gasteiger partial charge in [0, 0.05) is 17.0 Å². The van der Waals surface area contributed by atoms with Gasteiger partial charge in [-0.25, -0.2) is 0 Å². The maximum absolute atomic E-state index is 6.07. The molecule has 2 heteroatoms. The van der Waals surface area contributed by atoms with Crippen molar-refractivity contribution in [3.8, 4) is 11.1 Å². The van der Waals surface area contributed by atoms with Crippen LogP contribution in [0.4, 0.5) is 0 Å². The first kappa shape index (κ1) is 11.7. The summed E-state index contributed by atoms with van der Waals surface area (Å²) in [5.74, 6) is 1.02. The standard InChI is InChI=1S/C18H17NO/c1-2-5-13(6-3-1)17-8-4-7-14-11-16(20-18(14)17)12-19-15-9-10-15/h1-8,11,15,19H,9-10,12H2. The number of benzene rings is 2. The molecule has 1 aliphatic rings. The lowest BCUT2D eigenvalue weighted by Crippen LogP contribution is -2.14. The molecule has 1 N–H and O–H groups in total. The SMILES string of the molecule is c1ccc(-c2cccc3cc(CNC4CC4)oc23)cc1. The zero-order valence-electron chi connectivity index (χ0n) is 11.3. The lowest BCUT2D eigenvalue weighted by Gasteiger charge is -2.02. The Morgan fingerprint density at radius 3 is 2.65 bits per heavy atom. The van der Waals surface area contributed by atoms with E-state index in [4.69, 9.17) is 4.42 Å². The summed E-state index contributed by atoms with van der Waals surface area (Å²) in [6.45, 7) is 0.827. The molecule has 0 spiro atoms. The average molecular weight is 263 g/mol. The fraction of sp³-hybridized carbons (Fsp3) is 0.222. The zero-order chi connectivity index (χ0) is 13.4. The number of hydrogen-bond acceptors (Lipinski definition) is 2. The zero-order valence-corrected chi connectivity index (χ0v) is 11.3. The quantitative estimate of drug-likeness (QED) is 0.757. The molecule has 3 aromatic rings. The fourth-order valence-electron chi connectivity index (χ4n) is 2.58. The second-order valence-electron chi connectivity index (χ2n) is 5.46. The first-order valence-electron chi connectivity index (χ1n) is 7.20. The molecular weight excluding hydrogens is 246 g/mol. The maximum Gasteiger partial charge on any atom is 0.142 e. The molecule has 0 amide bonds. The van der Waals surface area contributed by atoms with E-state index in [9.17, 15) is 0 Å². The van der Waals surface area contributed by atoms with E-state index in [0.29, 0.717) is 6.04 Å². The highest BCUT2D eigenvalue weighted by Gasteiger charge is 2.20. The molecule has 2 aromatic carbocycles. The maximum atomic E-state index is 6.07. The summed E-state index contributed by atoms with van der Waals surface area (Å²) in [7, 11) is 0. The van der Waals surface area contributed by atoms with Gasteiger partial charge in [-0.3, -0.25) is 0 Å². The van der Waals surface area contributed by atoms with Gasteiger partial charge in [0.15, 0.2) is 0 Å². The van der Waals surface area contributed by atoms with E-state index in [1.165, 1.54) is 29.4 Å². The predicted octanol–water partition coefficient (Wildman–Crippen LogP) is 4.35. The fourth-order valence-corrected chi connectivity index (χ4v) is 2.58. The third-order valence-corrected chi connectivity index (χ3v) is 3.82. The van der Waals surface area contributed by atoms with Crippen LogP contribution in [0.15, 0.2) is 59.0 Å². The molecule has 1 aliphatic carbocycles. The highest BCUT2D eigenvalue weighted by molar-refractivity contribution is 5.92. The van der Waals surface area contributed by atoms with Crippen LogP contribution in [0.1, 0.15) is 18.6 Å². The molecule has 20 heavy (non-hydrogen) atoms. The molecule has 0 bridgehead atoms. The van der Waals surface area contributed by atoms with Gasteiger partial charge in [-0.2, -0.15) is 0 Å². The Hall–Kier alpha value is -2.06. The first-order chi connectivity index (χ1) is 9.90. The van der Waals surface area contributed by atoms with E-state index in [1.807, 2.05) is 6.07 Å². The molecule has 4 rings (SSSR count). The largest absolute Gasteiger partial charge is 0.459 e. The Labute approximate surface area is 118 Å². The lowest BCUT2D eigenvalue weighted by atomic mass is 10.0. The summed E-state index contributed by atoms with van der Waals surface area (Å²) in [6.07, 6.45) is 2.60. The Kier molecular flexibility index (Phi) is 2.82. The van der Waals surface area contributed by atoms with Gasteiger partial charge in [0.2, 0.25) is 0 Å². The minimum Gasteiger partial charge on any atom is -0.459 e. The molecule has 0 aliphatic heterocycles. The molecule has 2 nitrogen and oxygen atoms in total. The highest BCUT2D eigenvalue weighted by atomic mass is 16.3. The van der Waals surface area contributed by atoms with Crippen molar-refractivity contribution in [1.82, 2.24) is 5.32 Å². The van der Waals surface area contributed by atoms with Gasteiger partial charge in [-0.15, -0.1) is 0 Å². The first-order valence-corrected chi connectivity index (χ1v) is 7.20. The number of hydrogen-bond donors (Lipinski definition) is 1. The Balaban J connectivity index is 1.73. The minimum absolute atomic E-state index is 0.705. The van der Waals surface area contributed by atoms with Crippen LogP contribution in [0.3, 0.4) is 0 Å². The number of para-hydroxylation sites is 1. The van der Waals surface area contributed by atoms with Gasteiger partial charge in [-0.1, -0.05) is 48.5 Å². The van der Waals surface area contributed by atoms with Crippen molar-refractivity contribution in [2.75, 3.05) is 0 Å². The molecule has 100 valence electrons. The van der Waals surface area contributed by atoms with Gasteiger partial charge in [0.1, 0.15) is 11.3 Å². The van der Waals surface area contributed by atoms with E-state index < -0.39 is 0 Å². The summed E-state index contributed by atoms with van der Waals surface area (Å²) in [4.78, 5) is 0. The van der Waals surface area contributed by atoms with Gasteiger partial charge in [-0.05, 0) is 24.5 Å². The Morgan fingerprint density at radius 2 is 1.85 bits per heavy atom. The van der Waals surface area contributed by atoms with Crippen LogP contribution in [0.5, 0.6) is 0 Å². The number of rotatable bonds is 4. The second kappa shape index (κ2) is 4.80. The molecule has 1 fully saturated rings. The summed E-state index contributed by atoms with van der Waals surface area (Å²) in [5, 5.41) is 4.68. The van der Waals surface area contributed by atoms with Crippen LogP contribution in [-0.4, -0.2) is 6.04 Å². The van der Waals surface area contributed by atoms with E-state index in [1.54, 1.807) is 0 Å².